The molecule has 2 heterocycles. The van der Waals surface area contributed by atoms with Gasteiger partial charge in [0.25, 0.3) is 0 Å². The van der Waals surface area contributed by atoms with Gasteiger partial charge in [-0.25, -0.2) is 0 Å². The second-order valence-electron chi connectivity index (χ2n) is 7.05. The molecular formula is C24H27N3. The maximum Gasteiger partial charge on any atom is 0.0728 e. The van der Waals surface area contributed by atoms with Gasteiger partial charge in [-0.05, 0) is 61.6 Å². The molecule has 1 aromatic heterocycles. The standard InChI is InChI=1S/C24H27N3/c1-16(2)7-5-8-17(3)18(4)24(22-9-6-13-26-22)21-12-14-27-23-15-19(25)10-11-20(21)23/h5,7-8,10-12,14-15,26H,1,4,6,9,13,25H2,2-3H3/b7-5-,17-8+,24-22+. The summed E-state index contributed by atoms with van der Waals surface area (Å²) in [6, 6.07) is 7.97. The minimum Gasteiger partial charge on any atom is -0.399 e. The highest BCUT2D eigenvalue weighted by Crippen LogP contribution is 2.36. The number of rotatable bonds is 5. The van der Waals surface area contributed by atoms with Crippen molar-refractivity contribution >= 4 is 22.2 Å². The van der Waals surface area contributed by atoms with Gasteiger partial charge in [-0.1, -0.05) is 43.0 Å². The Morgan fingerprint density at radius 3 is 2.74 bits per heavy atom. The van der Waals surface area contributed by atoms with Gasteiger partial charge in [0.1, 0.15) is 0 Å². The summed E-state index contributed by atoms with van der Waals surface area (Å²) in [5, 5.41) is 4.65. The molecule has 0 amide bonds. The van der Waals surface area contributed by atoms with Gasteiger partial charge in [0, 0.05) is 35.1 Å². The van der Waals surface area contributed by atoms with Crippen molar-refractivity contribution in [1.29, 1.82) is 0 Å². The lowest BCUT2D eigenvalue weighted by Crippen LogP contribution is -2.08. The number of hydrogen-bond donors (Lipinski definition) is 2. The summed E-state index contributed by atoms with van der Waals surface area (Å²) in [7, 11) is 0. The van der Waals surface area contributed by atoms with Gasteiger partial charge in [0.05, 0.1) is 5.52 Å². The molecule has 0 bridgehead atoms. The van der Waals surface area contributed by atoms with Crippen LogP contribution in [0.15, 0.2) is 84.3 Å². The number of aromatic nitrogens is 1. The van der Waals surface area contributed by atoms with Crippen molar-refractivity contribution in [3.63, 3.8) is 0 Å². The van der Waals surface area contributed by atoms with Crippen LogP contribution >= 0.6 is 0 Å². The molecular weight excluding hydrogens is 330 g/mol. The van der Waals surface area contributed by atoms with Crippen molar-refractivity contribution < 1.29 is 0 Å². The van der Waals surface area contributed by atoms with Crippen LogP contribution < -0.4 is 11.1 Å². The summed E-state index contributed by atoms with van der Waals surface area (Å²) in [4.78, 5) is 4.50. The number of nitrogens with one attached hydrogen (secondary N) is 1. The Morgan fingerprint density at radius 2 is 2.04 bits per heavy atom. The highest BCUT2D eigenvalue weighted by Gasteiger charge is 2.19. The Morgan fingerprint density at radius 1 is 1.22 bits per heavy atom. The number of nitrogens with two attached hydrogens (primary N) is 1. The number of pyridine rings is 1. The third-order valence-corrected chi connectivity index (χ3v) is 4.78. The molecule has 3 nitrogen and oxygen atoms in total. The zero-order valence-electron chi connectivity index (χ0n) is 16.2. The number of nitrogen functional groups attached to an aromatic ring is 1. The van der Waals surface area contributed by atoms with Crippen molar-refractivity contribution in [2.45, 2.75) is 26.7 Å². The smallest absolute Gasteiger partial charge is 0.0728 e. The van der Waals surface area contributed by atoms with Crippen LogP contribution in [0.25, 0.3) is 16.5 Å². The Kier molecular flexibility index (Phi) is 5.60. The first kappa shape index (κ1) is 18.7. The van der Waals surface area contributed by atoms with Crippen LogP contribution in [0.4, 0.5) is 5.69 Å². The molecule has 1 fully saturated rings. The largest absolute Gasteiger partial charge is 0.399 e. The molecule has 0 saturated carbocycles. The molecule has 0 aliphatic carbocycles. The molecule has 1 aliphatic rings. The van der Waals surface area contributed by atoms with E-state index in [2.05, 4.69) is 48.6 Å². The Balaban J connectivity index is 2.13. The van der Waals surface area contributed by atoms with Crippen LogP contribution in [0, 0.1) is 0 Å². The maximum atomic E-state index is 5.95. The van der Waals surface area contributed by atoms with Crippen molar-refractivity contribution in [2.24, 2.45) is 0 Å². The molecule has 2 aromatic rings. The molecule has 138 valence electrons. The fourth-order valence-electron chi connectivity index (χ4n) is 3.35. The number of fused-ring (bicyclic) bond motifs is 1. The first-order chi connectivity index (χ1) is 13.0. The van der Waals surface area contributed by atoms with Crippen LogP contribution in [-0.2, 0) is 0 Å². The Bertz CT molecular complexity index is 982. The number of nitrogens with zero attached hydrogens (tertiary/aromatic N) is 1. The molecule has 3 N–H and O–H groups in total. The van der Waals surface area contributed by atoms with Crippen LogP contribution in [0.1, 0.15) is 32.3 Å². The predicted octanol–water partition coefficient (Wildman–Crippen LogP) is 5.55. The maximum absolute atomic E-state index is 5.95. The van der Waals surface area contributed by atoms with E-state index < -0.39 is 0 Å². The minimum atomic E-state index is 0.722. The van der Waals surface area contributed by atoms with E-state index in [-0.39, 0.29) is 0 Å². The van der Waals surface area contributed by atoms with E-state index in [0.717, 1.165) is 58.3 Å². The molecule has 27 heavy (non-hydrogen) atoms. The summed E-state index contributed by atoms with van der Waals surface area (Å²) in [5.41, 5.74) is 14.3. The molecule has 3 heteroatoms. The number of anilines is 1. The van der Waals surface area contributed by atoms with Crippen molar-refractivity contribution in [3.05, 3.63) is 89.8 Å². The van der Waals surface area contributed by atoms with Gasteiger partial charge in [0.2, 0.25) is 0 Å². The topological polar surface area (TPSA) is 50.9 Å². The van der Waals surface area contributed by atoms with E-state index in [4.69, 9.17) is 5.73 Å². The Hall–Kier alpha value is -3.07. The Labute approximate surface area is 161 Å². The van der Waals surface area contributed by atoms with E-state index >= 15 is 0 Å². The molecule has 0 radical (unpaired) electrons. The van der Waals surface area contributed by atoms with Crippen LogP contribution in [-0.4, -0.2) is 11.5 Å². The predicted molar refractivity (Wildman–Crippen MR) is 117 cm³/mol. The van der Waals surface area contributed by atoms with Gasteiger partial charge in [-0.2, -0.15) is 0 Å². The summed E-state index contributed by atoms with van der Waals surface area (Å²) in [6.45, 7) is 13.4. The highest BCUT2D eigenvalue weighted by atomic mass is 14.9. The molecule has 0 unspecified atom stereocenters. The number of benzene rings is 1. The molecule has 0 atom stereocenters. The van der Waals surface area contributed by atoms with Crippen LogP contribution in [0.5, 0.6) is 0 Å². The van der Waals surface area contributed by atoms with Crippen molar-refractivity contribution in [3.8, 4) is 0 Å². The minimum absolute atomic E-state index is 0.722. The number of hydrogen-bond acceptors (Lipinski definition) is 3. The normalized spacial score (nSPS) is 16.6. The molecule has 1 aliphatic heterocycles. The van der Waals surface area contributed by atoms with Gasteiger partial charge in [-0.15, -0.1) is 0 Å². The number of allylic oxidation sites excluding steroid dienone is 8. The van der Waals surface area contributed by atoms with Crippen LogP contribution in [0.3, 0.4) is 0 Å². The summed E-state index contributed by atoms with van der Waals surface area (Å²) < 4.78 is 0. The summed E-state index contributed by atoms with van der Waals surface area (Å²) in [6.07, 6.45) is 10.1. The SMILES string of the molecule is C=C(C)/C=C\C=C(/C)C(=C)/C(=C1/CCCN1)c1ccnc2cc(N)ccc12. The molecule has 1 saturated heterocycles. The summed E-state index contributed by atoms with van der Waals surface area (Å²) in [5.74, 6) is 0. The zero-order valence-corrected chi connectivity index (χ0v) is 16.2. The van der Waals surface area contributed by atoms with E-state index in [1.807, 2.05) is 37.4 Å². The van der Waals surface area contributed by atoms with Crippen molar-refractivity contribution in [2.75, 3.05) is 12.3 Å². The van der Waals surface area contributed by atoms with Gasteiger partial charge < -0.3 is 11.1 Å². The van der Waals surface area contributed by atoms with Crippen LogP contribution in [0.2, 0.25) is 0 Å². The fraction of sp³-hybridized carbons (Fsp3) is 0.208. The van der Waals surface area contributed by atoms with E-state index in [0.29, 0.717) is 0 Å². The van der Waals surface area contributed by atoms with Gasteiger partial charge >= 0.3 is 0 Å². The summed E-state index contributed by atoms with van der Waals surface area (Å²) >= 11 is 0. The van der Waals surface area contributed by atoms with Gasteiger partial charge in [-0.3, -0.25) is 4.98 Å². The van der Waals surface area contributed by atoms with Gasteiger partial charge in [0.15, 0.2) is 0 Å². The molecule has 3 rings (SSSR count). The van der Waals surface area contributed by atoms with E-state index in [9.17, 15) is 0 Å². The van der Waals surface area contributed by atoms with E-state index in [1.54, 1.807) is 0 Å². The molecule has 1 aromatic carbocycles. The second kappa shape index (κ2) is 8.09. The van der Waals surface area contributed by atoms with E-state index in [1.165, 1.54) is 11.3 Å². The lowest BCUT2D eigenvalue weighted by Gasteiger charge is -2.18. The lowest BCUT2D eigenvalue weighted by molar-refractivity contribution is 0.904. The monoisotopic (exact) mass is 357 g/mol. The fourth-order valence-corrected chi connectivity index (χ4v) is 3.35. The third kappa shape index (κ3) is 4.20. The quantitative estimate of drug-likeness (QED) is 0.545. The first-order valence-electron chi connectivity index (χ1n) is 9.29. The second-order valence-corrected chi connectivity index (χ2v) is 7.05. The zero-order chi connectivity index (χ0) is 19.4. The van der Waals surface area contributed by atoms with Crippen molar-refractivity contribution in [1.82, 2.24) is 10.3 Å². The third-order valence-electron chi connectivity index (χ3n) is 4.78. The molecule has 0 spiro atoms. The average Bonchev–Trinajstić information content (AvgIpc) is 3.15. The highest BCUT2D eigenvalue weighted by molar-refractivity contribution is 5.98. The average molecular weight is 358 g/mol. The first-order valence-corrected chi connectivity index (χ1v) is 9.29. The lowest BCUT2D eigenvalue weighted by atomic mass is 9.89.